The van der Waals surface area contributed by atoms with E-state index in [1.807, 2.05) is 19.9 Å². The number of carboxylic acids is 1. The van der Waals surface area contributed by atoms with Gasteiger partial charge in [0.2, 0.25) is 0 Å². The summed E-state index contributed by atoms with van der Waals surface area (Å²) in [7, 11) is 3.14. The summed E-state index contributed by atoms with van der Waals surface area (Å²) in [6.45, 7) is 4.10. The Morgan fingerprint density at radius 2 is 1.95 bits per heavy atom. The quantitative estimate of drug-likeness (QED) is 0.886. The molecule has 5 heteroatoms. The fraction of sp³-hybridized carbons (Fsp3) is 0.533. The number of carbonyl (C=O) groups is 1. The highest BCUT2D eigenvalue weighted by molar-refractivity contribution is 9.10. The SMILES string of the molecule is COc1cc(C2(C(=O)O)CC2)c(C(C)C)c(Br)c1OC. The molecule has 1 aliphatic rings. The predicted molar refractivity (Wildman–Crippen MR) is 79.9 cm³/mol. The van der Waals surface area contributed by atoms with Crippen LogP contribution in [0.15, 0.2) is 10.5 Å². The van der Waals surface area contributed by atoms with Crippen LogP contribution in [0.25, 0.3) is 0 Å². The Kier molecular flexibility index (Phi) is 4.00. The topological polar surface area (TPSA) is 55.8 Å². The molecule has 0 radical (unpaired) electrons. The van der Waals surface area contributed by atoms with Crippen LogP contribution in [0, 0.1) is 0 Å². The second-order valence-corrected chi connectivity index (χ2v) is 6.22. The minimum absolute atomic E-state index is 0.191. The van der Waals surface area contributed by atoms with Crippen molar-refractivity contribution in [2.24, 2.45) is 0 Å². The van der Waals surface area contributed by atoms with Crippen molar-refractivity contribution >= 4 is 21.9 Å². The summed E-state index contributed by atoms with van der Waals surface area (Å²) in [6.07, 6.45) is 1.34. The second-order valence-electron chi connectivity index (χ2n) is 5.43. The van der Waals surface area contributed by atoms with E-state index >= 15 is 0 Å². The van der Waals surface area contributed by atoms with Gasteiger partial charge < -0.3 is 14.6 Å². The zero-order valence-electron chi connectivity index (χ0n) is 12.1. The zero-order chi connectivity index (χ0) is 15.1. The van der Waals surface area contributed by atoms with Crippen molar-refractivity contribution in [1.82, 2.24) is 0 Å². The van der Waals surface area contributed by atoms with Crippen molar-refractivity contribution < 1.29 is 19.4 Å². The lowest BCUT2D eigenvalue weighted by molar-refractivity contribution is -0.140. The molecule has 0 unspecified atom stereocenters. The van der Waals surface area contributed by atoms with Gasteiger partial charge in [-0.3, -0.25) is 4.79 Å². The van der Waals surface area contributed by atoms with Crippen LogP contribution >= 0.6 is 15.9 Å². The van der Waals surface area contributed by atoms with Crippen LogP contribution < -0.4 is 9.47 Å². The Morgan fingerprint density at radius 1 is 1.35 bits per heavy atom. The first-order valence-corrected chi connectivity index (χ1v) is 7.36. The number of carboxylic acid groups (broad SMARTS) is 1. The maximum Gasteiger partial charge on any atom is 0.314 e. The molecule has 0 amide bonds. The highest BCUT2D eigenvalue weighted by Crippen LogP contribution is 2.55. The molecule has 0 saturated heterocycles. The lowest BCUT2D eigenvalue weighted by Crippen LogP contribution is -2.22. The van der Waals surface area contributed by atoms with Gasteiger partial charge in [0.1, 0.15) is 0 Å². The van der Waals surface area contributed by atoms with Gasteiger partial charge in [-0.15, -0.1) is 0 Å². The molecule has 1 saturated carbocycles. The molecule has 0 spiro atoms. The van der Waals surface area contributed by atoms with Crippen molar-refractivity contribution in [3.63, 3.8) is 0 Å². The van der Waals surface area contributed by atoms with Gasteiger partial charge in [-0.05, 0) is 51.9 Å². The van der Waals surface area contributed by atoms with Gasteiger partial charge in [0, 0.05) is 0 Å². The molecule has 4 nitrogen and oxygen atoms in total. The van der Waals surface area contributed by atoms with Crippen molar-refractivity contribution in [3.8, 4) is 11.5 Å². The molecule has 1 aromatic carbocycles. The number of halogens is 1. The highest BCUT2D eigenvalue weighted by Gasteiger charge is 2.53. The summed E-state index contributed by atoms with van der Waals surface area (Å²) in [5, 5.41) is 9.56. The third kappa shape index (κ3) is 2.18. The van der Waals surface area contributed by atoms with E-state index in [1.54, 1.807) is 14.2 Å². The summed E-state index contributed by atoms with van der Waals surface area (Å²) in [6, 6.07) is 1.82. The number of rotatable bonds is 5. The number of methoxy groups -OCH3 is 2. The largest absolute Gasteiger partial charge is 0.493 e. The van der Waals surface area contributed by atoms with Gasteiger partial charge in [-0.25, -0.2) is 0 Å². The molecule has 1 aliphatic carbocycles. The smallest absolute Gasteiger partial charge is 0.314 e. The number of aliphatic carboxylic acids is 1. The standard InChI is InChI=1S/C15H19BrO4/c1-8(2)11-9(15(5-6-15)14(17)18)7-10(19-3)13(20-4)12(11)16/h7-8H,5-6H2,1-4H3,(H,17,18). The Balaban J connectivity index is 2.73. The maximum atomic E-state index is 11.6. The van der Waals surface area contributed by atoms with E-state index in [0.29, 0.717) is 24.3 Å². The van der Waals surface area contributed by atoms with Crippen molar-refractivity contribution in [2.75, 3.05) is 14.2 Å². The first-order chi connectivity index (χ1) is 9.39. The van der Waals surface area contributed by atoms with Crippen LogP contribution in [-0.4, -0.2) is 25.3 Å². The maximum absolute atomic E-state index is 11.6. The summed E-state index contributed by atoms with van der Waals surface area (Å²) < 4.78 is 11.5. The molecule has 1 N–H and O–H groups in total. The molecule has 1 fully saturated rings. The number of hydrogen-bond donors (Lipinski definition) is 1. The molecule has 0 bridgehead atoms. The zero-order valence-corrected chi connectivity index (χ0v) is 13.7. The van der Waals surface area contributed by atoms with Crippen LogP contribution in [0.5, 0.6) is 11.5 Å². The van der Waals surface area contributed by atoms with Gasteiger partial charge in [-0.1, -0.05) is 13.8 Å². The third-order valence-electron chi connectivity index (χ3n) is 3.90. The molecule has 1 aromatic rings. The number of benzene rings is 1. The van der Waals surface area contributed by atoms with E-state index < -0.39 is 11.4 Å². The van der Waals surface area contributed by atoms with E-state index in [4.69, 9.17) is 9.47 Å². The van der Waals surface area contributed by atoms with Crippen LogP contribution in [-0.2, 0) is 10.2 Å². The predicted octanol–water partition coefficient (Wildman–Crippen LogP) is 3.71. The Bertz CT molecular complexity index is 547. The van der Waals surface area contributed by atoms with Crippen LogP contribution in [0.2, 0.25) is 0 Å². The van der Waals surface area contributed by atoms with Gasteiger partial charge in [0.25, 0.3) is 0 Å². The molecule has 0 atom stereocenters. The van der Waals surface area contributed by atoms with E-state index in [1.165, 1.54) is 0 Å². The van der Waals surface area contributed by atoms with Crippen LogP contribution in [0.1, 0.15) is 43.7 Å². The molecular weight excluding hydrogens is 324 g/mol. The Hall–Kier alpha value is -1.23. The van der Waals surface area contributed by atoms with Crippen molar-refractivity contribution in [2.45, 2.75) is 38.0 Å². The van der Waals surface area contributed by atoms with E-state index in [0.717, 1.165) is 15.6 Å². The molecule has 0 aromatic heterocycles. The van der Waals surface area contributed by atoms with Crippen molar-refractivity contribution in [3.05, 3.63) is 21.7 Å². The average Bonchev–Trinajstić information content (AvgIpc) is 3.18. The summed E-state index contributed by atoms with van der Waals surface area (Å²) >= 11 is 3.56. The Labute approximate surface area is 127 Å². The highest BCUT2D eigenvalue weighted by atomic mass is 79.9. The normalized spacial score (nSPS) is 16.1. The fourth-order valence-corrected chi connectivity index (χ4v) is 3.68. The van der Waals surface area contributed by atoms with E-state index in [-0.39, 0.29) is 5.92 Å². The summed E-state index contributed by atoms with van der Waals surface area (Å²) in [5.41, 5.74) is 1.06. The van der Waals surface area contributed by atoms with Crippen molar-refractivity contribution in [1.29, 1.82) is 0 Å². The minimum atomic E-state index is -0.765. The van der Waals surface area contributed by atoms with Gasteiger partial charge in [0.05, 0.1) is 24.1 Å². The number of hydrogen-bond acceptors (Lipinski definition) is 3. The van der Waals surface area contributed by atoms with Crippen LogP contribution in [0.3, 0.4) is 0 Å². The first kappa shape index (κ1) is 15.2. The molecule has 2 rings (SSSR count). The van der Waals surface area contributed by atoms with Crippen LogP contribution in [0.4, 0.5) is 0 Å². The van der Waals surface area contributed by atoms with E-state index in [9.17, 15) is 9.90 Å². The molecule has 0 heterocycles. The van der Waals surface area contributed by atoms with Gasteiger partial charge >= 0.3 is 5.97 Å². The lowest BCUT2D eigenvalue weighted by atomic mass is 9.86. The van der Waals surface area contributed by atoms with Gasteiger partial charge in [-0.2, -0.15) is 0 Å². The van der Waals surface area contributed by atoms with Gasteiger partial charge in [0.15, 0.2) is 11.5 Å². The minimum Gasteiger partial charge on any atom is -0.493 e. The summed E-state index contributed by atoms with van der Waals surface area (Å²) in [4.78, 5) is 11.6. The molecule has 20 heavy (non-hydrogen) atoms. The third-order valence-corrected chi connectivity index (χ3v) is 4.69. The second kappa shape index (κ2) is 5.28. The van der Waals surface area contributed by atoms with E-state index in [2.05, 4.69) is 15.9 Å². The number of ether oxygens (including phenoxy) is 2. The average molecular weight is 343 g/mol. The lowest BCUT2D eigenvalue weighted by Gasteiger charge is -2.23. The Morgan fingerprint density at radius 3 is 2.30 bits per heavy atom. The first-order valence-electron chi connectivity index (χ1n) is 6.57. The molecule has 0 aliphatic heterocycles. The fourth-order valence-electron chi connectivity index (χ4n) is 2.65. The summed E-state index contributed by atoms with van der Waals surface area (Å²) in [5.74, 6) is 0.599. The molecule has 110 valence electrons. The molecular formula is C15H19BrO4. The monoisotopic (exact) mass is 342 g/mol.